The van der Waals surface area contributed by atoms with E-state index in [1.807, 2.05) is 0 Å². The lowest BCUT2D eigenvalue weighted by atomic mass is 10.2. The van der Waals surface area contributed by atoms with Crippen LogP contribution in [0.2, 0.25) is 5.02 Å². The maximum atomic E-state index is 12.7. The van der Waals surface area contributed by atoms with Gasteiger partial charge in [-0.05, 0) is 42.8 Å². The lowest BCUT2D eigenvalue weighted by Gasteiger charge is -2.12. The zero-order valence-corrected chi connectivity index (χ0v) is 16.3. The molecule has 0 fully saturated rings. The molecule has 156 valence electrons. The van der Waals surface area contributed by atoms with Crippen molar-refractivity contribution in [3.63, 3.8) is 0 Å². The fourth-order valence-electron chi connectivity index (χ4n) is 2.23. The first-order valence-corrected chi connectivity index (χ1v) is 8.74. The maximum Gasteiger partial charge on any atom is 0.416 e. The molecule has 0 aliphatic heterocycles. The highest BCUT2D eigenvalue weighted by atomic mass is 35.5. The van der Waals surface area contributed by atoms with Crippen molar-refractivity contribution >= 4 is 29.5 Å². The molecule has 0 spiro atoms. The van der Waals surface area contributed by atoms with E-state index >= 15 is 0 Å². The number of alkyl halides is 3. The van der Waals surface area contributed by atoms with Crippen molar-refractivity contribution in [3.8, 4) is 11.5 Å². The smallest absolute Gasteiger partial charge is 0.416 e. The number of hydrogen-bond acceptors (Lipinski definition) is 6. The zero-order valence-electron chi connectivity index (χ0n) is 15.5. The standard InChI is InChI=1S/C19H18ClF3N2O4/c1-3-28-17(26)11-29-18-15(20)7-12(8-16(18)27-2)10-24-25-14-6-4-5-13(9-14)19(21,22)23/h4-10,25H,3,11H2,1-2H3/b24-10+. The van der Waals surface area contributed by atoms with Crippen LogP contribution in [-0.4, -0.2) is 32.5 Å². The van der Waals surface area contributed by atoms with Gasteiger partial charge in [-0.2, -0.15) is 18.3 Å². The molecule has 0 radical (unpaired) electrons. The van der Waals surface area contributed by atoms with Crippen LogP contribution in [0.1, 0.15) is 18.1 Å². The van der Waals surface area contributed by atoms with Crippen LogP contribution in [0.3, 0.4) is 0 Å². The molecule has 2 rings (SSSR count). The first kappa shape index (κ1) is 22.4. The van der Waals surface area contributed by atoms with Gasteiger partial charge in [0.15, 0.2) is 18.1 Å². The number of halogens is 4. The molecule has 6 nitrogen and oxygen atoms in total. The van der Waals surface area contributed by atoms with Crippen molar-refractivity contribution in [1.82, 2.24) is 0 Å². The highest BCUT2D eigenvalue weighted by Gasteiger charge is 2.30. The molecular formula is C19H18ClF3N2O4. The van der Waals surface area contributed by atoms with Gasteiger partial charge >= 0.3 is 12.1 Å². The van der Waals surface area contributed by atoms with Crippen LogP contribution in [0.5, 0.6) is 11.5 Å². The van der Waals surface area contributed by atoms with E-state index in [9.17, 15) is 18.0 Å². The molecule has 1 N–H and O–H groups in total. The summed E-state index contributed by atoms with van der Waals surface area (Å²) in [5, 5.41) is 4.07. The second-order valence-corrected chi connectivity index (χ2v) is 5.98. The minimum atomic E-state index is -4.44. The minimum Gasteiger partial charge on any atom is -0.493 e. The molecule has 0 bridgehead atoms. The molecule has 0 aromatic heterocycles. The third-order valence-electron chi connectivity index (χ3n) is 3.49. The highest BCUT2D eigenvalue weighted by Crippen LogP contribution is 2.36. The summed E-state index contributed by atoms with van der Waals surface area (Å²) in [5.74, 6) is -0.144. The molecule has 29 heavy (non-hydrogen) atoms. The van der Waals surface area contributed by atoms with Gasteiger partial charge in [0, 0.05) is 0 Å². The molecule has 0 aliphatic rings. The number of anilines is 1. The van der Waals surface area contributed by atoms with Gasteiger partial charge < -0.3 is 14.2 Å². The van der Waals surface area contributed by atoms with Gasteiger partial charge in [0.05, 0.1) is 36.2 Å². The number of nitrogens with zero attached hydrogens (tertiary/aromatic N) is 1. The largest absolute Gasteiger partial charge is 0.493 e. The number of hydrazone groups is 1. The number of hydrogen-bond donors (Lipinski definition) is 1. The molecule has 0 atom stereocenters. The second kappa shape index (κ2) is 10.0. The summed E-state index contributed by atoms with van der Waals surface area (Å²) in [6.45, 7) is 1.56. The third-order valence-corrected chi connectivity index (χ3v) is 3.77. The molecule has 2 aromatic rings. The third kappa shape index (κ3) is 6.56. The first-order chi connectivity index (χ1) is 13.7. The van der Waals surface area contributed by atoms with Gasteiger partial charge in [-0.3, -0.25) is 5.43 Å². The predicted octanol–water partition coefficient (Wildman–Crippen LogP) is 4.76. The summed E-state index contributed by atoms with van der Waals surface area (Å²) in [6.07, 6.45) is -3.09. The summed E-state index contributed by atoms with van der Waals surface area (Å²) in [6, 6.07) is 7.68. The Labute approximate surface area is 170 Å². The van der Waals surface area contributed by atoms with E-state index in [4.69, 9.17) is 25.8 Å². The number of benzene rings is 2. The van der Waals surface area contributed by atoms with Crippen LogP contribution in [0.25, 0.3) is 0 Å². The van der Waals surface area contributed by atoms with Crippen LogP contribution >= 0.6 is 11.6 Å². The van der Waals surface area contributed by atoms with Gasteiger partial charge in [-0.15, -0.1) is 0 Å². The molecule has 0 amide bonds. The Balaban J connectivity index is 2.11. The molecule has 2 aromatic carbocycles. The van der Waals surface area contributed by atoms with Gasteiger partial charge in [-0.1, -0.05) is 17.7 Å². The fourth-order valence-corrected chi connectivity index (χ4v) is 2.51. The van der Waals surface area contributed by atoms with Crippen LogP contribution < -0.4 is 14.9 Å². The Bertz CT molecular complexity index is 888. The van der Waals surface area contributed by atoms with Crippen molar-refractivity contribution < 1.29 is 32.2 Å². The summed E-state index contributed by atoms with van der Waals surface area (Å²) in [5.41, 5.74) is 2.40. The molecule has 0 saturated heterocycles. The van der Waals surface area contributed by atoms with Crippen LogP contribution in [-0.2, 0) is 15.7 Å². The van der Waals surface area contributed by atoms with Gasteiger partial charge in [0.1, 0.15) is 0 Å². The van der Waals surface area contributed by atoms with Crippen molar-refractivity contribution in [3.05, 3.63) is 52.5 Å². The fraction of sp³-hybridized carbons (Fsp3) is 0.263. The molecule has 0 unspecified atom stereocenters. The topological polar surface area (TPSA) is 69.2 Å². The maximum absolute atomic E-state index is 12.7. The van der Waals surface area contributed by atoms with E-state index in [-0.39, 0.29) is 35.4 Å². The van der Waals surface area contributed by atoms with Gasteiger partial charge in [-0.25, -0.2) is 4.79 Å². The molecule has 0 heterocycles. The Hall–Kier alpha value is -2.94. The average Bonchev–Trinajstić information content (AvgIpc) is 2.66. The Morgan fingerprint density at radius 1 is 1.28 bits per heavy atom. The number of rotatable bonds is 8. The van der Waals surface area contributed by atoms with Gasteiger partial charge in [0.25, 0.3) is 0 Å². The van der Waals surface area contributed by atoms with E-state index in [1.165, 1.54) is 31.5 Å². The van der Waals surface area contributed by atoms with Crippen molar-refractivity contribution in [2.24, 2.45) is 5.10 Å². The molecule has 0 aliphatic carbocycles. The Kier molecular flexibility index (Phi) is 7.72. The number of carbonyl (C=O) groups is 1. The molecule has 0 saturated carbocycles. The number of esters is 1. The molecule has 10 heteroatoms. The van der Waals surface area contributed by atoms with Gasteiger partial charge in [0.2, 0.25) is 0 Å². The van der Waals surface area contributed by atoms with E-state index in [2.05, 4.69) is 10.5 Å². The average molecular weight is 431 g/mol. The zero-order chi connectivity index (χ0) is 21.4. The second-order valence-electron chi connectivity index (χ2n) is 5.58. The molecular weight excluding hydrogens is 413 g/mol. The monoisotopic (exact) mass is 430 g/mol. The van der Waals surface area contributed by atoms with Crippen molar-refractivity contribution in [2.45, 2.75) is 13.1 Å². The SMILES string of the molecule is CCOC(=O)COc1c(Cl)cc(/C=N/Nc2cccc(C(F)(F)F)c2)cc1OC. The van der Waals surface area contributed by atoms with Crippen molar-refractivity contribution in [2.75, 3.05) is 25.7 Å². The Morgan fingerprint density at radius 3 is 2.69 bits per heavy atom. The lowest BCUT2D eigenvalue weighted by Crippen LogP contribution is -2.15. The number of nitrogens with one attached hydrogen (secondary N) is 1. The van der Waals surface area contributed by atoms with E-state index < -0.39 is 17.7 Å². The normalized spacial score (nSPS) is 11.4. The van der Waals surface area contributed by atoms with E-state index in [1.54, 1.807) is 13.0 Å². The number of ether oxygens (including phenoxy) is 3. The van der Waals surface area contributed by atoms with E-state index in [0.29, 0.717) is 5.56 Å². The predicted molar refractivity (Wildman–Crippen MR) is 103 cm³/mol. The van der Waals surface area contributed by atoms with Crippen LogP contribution in [0.15, 0.2) is 41.5 Å². The van der Waals surface area contributed by atoms with Crippen molar-refractivity contribution in [1.29, 1.82) is 0 Å². The lowest BCUT2D eigenvalue weighted by molar-refractivity contribution is -0.145. The first-order valence-electron chi connectivity index (χ1n) is 8.37. The van der Waals surface area contributed by atoms with E-state index in [0.717, 1.165) is 12.1 Å². The summed E-state index contributed by atoms with van der Waals surface area (Å²) in [4.78, 5) is 11.4. The summed E-state index contributed by atoms with van der Waals surface area (Å²) in [7, 11) is 1.39. The summed E-state index contributed by atoms with van der Waals surface area (Å²) >= 11 is 6.18. The summed E-state index contributed by atoms with van der Waals surface area (Å²) < 4.78 is 53.6. The number of carbonyl (C=O) groups excluding carboxylic acids is 1. The Morgan fingerprint density at radius 2 is 2.03 bits per heavy atom. The quantitative estimate of drug-likeness (QED) is 0.371. The highest BCUT2D eigenvalue weighted by molar-refractivity contribution is 6.32. The van der Waals surface area contributed by atoms with Crippen LogP contribution in [0, 0.1) is 0 Å². The number of methoxy groups -OCH3 is 1. The minimum absolute atomic E-state index is 0.158. The van der Waals surface area contributed by atoms with Crippen LogP contribution in [0.4, 0.5) is 18.9 Å².